The zero-order valence-electron chi connectivity index (χ0n) is 13.4. The van der Waals surface area contributed by atoms with Crippen LogP contribution in [0.1, 0.15) is 57.8 Å². The van der Waals surface area contributed by atoms with E-state index in [0.717, 1.165) is 25.7 Å². The van der Waals surface area contributed by atoms with E-state index in [4.69, 9.17) is 4.74 Å². The molecule has 0 aromatic heterocycles. The third-order valence-electron chi connectivity index (χ3n) is 5.54. The minimum atomic E-state index is -0.522. The summed E-state index contributed by atoms with van der Waals surface area (Å²) >= 11 is 0. The van der Waals surface area contributed by atoms with Crippen LogP contribution < -0.4 is 10.6 Å². The number of nitrogens with one attached hydrogen (secondary N) is 2. The second-order valence-corrected chi connectivity index (χ2v) is 7.20. The van der Waals surface area contributed by atoms with E-state index in [1.165, 1.54) is 32.1 Å². The predicted molar refractivity (Wildman–Crippen MR) is 84.5 cm³/mol. The van der Waals surface area contributed by atoms with Gasteiger partial charge in [0.1, 0.15) is 6.10 Å². The Morgan fingerprint density at radius 1 is 1.05 bits per heavy atom. The molecule has 1 heterocycles. The van der Waals surface area contributed by atoms with Crippen molar-refractivity contribution in [2.24, 2.45) is 5.92 Å². The maximum absolute atomic E-state index is 12.0. The van der Waals surface area contributed by atoms with Crippen molar-refractivity contribution in [2.45, 2.75) is 82.1 Å². The Morgan fingerprint density at radius 2 is 1.73 bits per heavy atom. The number of aliphatic hydroxyl groups excluding tert-OH is 1. The number of carbonyl (C=O) groups is 1. The van der Waals surface area contributed by atoms with Crippen molar-refractivity contribution >= 4 is 5.91 Å². The number of ether oxygens (including phenoxy) is 1. The Kier molecular flexibility index (Phi) is 5.71. The lowest BCUT2D eigenvalue weighted by atomic mass is 9.94. The fraction of sp³-hybridized carbons (Fsp3) is 0.941. The van der Waals surface area contributed by atoms with Gasteiger partial charge in [-0.2, -0.15) is 0 Å². The molecule has 0 aromatic carbocycles. The third-order valence-corrected chi connectivity index (χ3v) is 5.54. The van der Waals surface area contributed by atoms with Crippen LogP contribution in [0.4, 0.5) is 0 Å². The zero-order valence-corrected chi connectivity index (χ0v) is 13.4. The highest BCUT2D eigenvalue weighted by molar-refractivity contribution is 5.78. The molecule has 0 spiro atoms. The molecule has 2 saturated carbocycles. The van der Waals surface area contributed by atoms with E-state index in [0.29, 0.717) is 19.2 Å². The van der Waals surface area contributed by atoms with Gasteiger partial charge >= 0.3 is 0 Å². The number of aliphatic hydroxyl groups is 1. The van der Waals surface area contributed by atoms with Crippen LogP contribution in [-0.2, 0) is 9.53 Å². The van der Waals surface area contributed by atoms with Gasteiger partial charge in [-0.05, 0) is 25.7 Å². The highest BCUT2D eigenvalue weighted by Gasteiger charge is 2.37. The first-order chi connectivity index (χ1) is 10.7. The topological polar surface area (TPSA) is 70.6 Å². The van der Waals surface area contributed by atoms with Crippen molar-refractivity contribution in [1.82, 2.24) is 10.6 Å². The summed E-state index contributed by atoms with van der Waals surface area (Å²) in [5.74, 6) is 0.312. The highest BCUT2D eigenvalue weighted by Crippen LogP contribution is 2.25. The van der Waals surface area contributed by atoms with Crippen LogP contribution in [0.25, 0.3) is 0 Å². The van der Waals surface area contributed by atoms with E-state index < -0.39 is 6.10 Å². The SMILES string of the molecule is O=C(NCC1OCC(NC2CCCCC2)C1O)C1CCCC1. The van der Waals surface area contributed by atoms with Crippen molar-refractivity contribution in [1.29, 1.82) is 0 Å². The molecule has 3 fully saturated rings. The second kappa shape index (κ2) is 7.75. The van der Waals surface area contributed by atoms with E-state index in [9.17, 15) is 9.90 Å². The monoisotopic (exact) mass is 310 g/mol. The second-order valence-electron chi connectivity index (χ2n) is 7.20. The highest BCUT2D eigenvalue weighted by atomic mass is 16.5. The van der Waals surface area contributed by atoms with Gasteiger partial charge in [0.05, 0.1) is 18.8 Å². The Balaban J connectivity index is 1.40. The van der Waals surface area contributed by atoms with Crippen LogP contribution in [0.15, 0.2) is 0 Å². The number of hydrogen-bond acceptors (Lipinski definition) is 4. The number of hydrogen-bond donors (Lipinski definition) is 3. The standard InChI is InChI=1S/C17H30N2O3/c20-16-14(19-13-8-2-1-3-9-13)11-22-15(16)10-18-17(21)12-6-4-5-7-12/h12-16,19-20H,1-11H2,(H,18,21). The van der Waals surface area contributed by atoms with Crippen molar-refractivity contribution in [2.75, 3.05) is 13.2 Å². The van der Waals surface area contributed by atoms with Crippen LogP contribution in [0.2, 0.25) is 0 Å². The minimum absolute atomic E-state index is 0.0106. The summed E-state index contributed by atoms with van der Waals surface area (Å²) in [4.78, 5) is 12.0. The van der Waals surface area contributed by atoms with Gasteiger partial charge in [-0.3, -0.25) is 4.79 Å². The maximum atomic E-state index is 12.0. The number of rotatable bonds is 5. The summed E-state index contributed by atoms with van der Waals surface area (Å²) in [5, 5.41) is 16.9. The lowest BCUT2D eigenvalue weighted by molar-refractivity contribution is -0.125. The zero-order chi connectivity index (χ0) is 15.4. The first kappa shape index (κ1) is 16.2. The Labute approximate surface area is 133 Å². The quantitative estimate of drug-likeness (QED) is 0.717. The van der Waals surface area contributed by atoms with Gasteiger partial charge in [-0.15, -0.1) is 0 Å². The van der Waals surface area contributed by atoms with E-state index in [1.54, 1.807) is 0 Å². The molecule has 3 aliphatic rings. The Bertz CT molecular complexity index is 365. The van der Waals surface area contributed by atoms with Gasteiger partial charge in [0.15, 0.2) is 0 Å². The van der Waals surface area contributed by atoms with Gasteiger partial charge in [0.25, 0.3) is 0 Å². The summed E-state index contributed by atoms with van der Waals surface area (Å²) in [7, 11) is 0. The van der Waals surface area contributed by atoms with E-state index in [2.05, 4.69) is 10.6 Å². The number of amides is 1. The lowest BCUT2D eigenvalue weighted by Gasteiger charge is -2.27. The van der Waals surface area contributed by atoms with Gasteiger partial charge in [-0.1, -0.05) is 32.1 Å². The van der Waals surface area contributed by atoms with Crippen molar-refractivity contribution in [3.63, 3.8) is 0 Å². The van der Waals surface area contributed by atoms with Crippen molar-refractivity contribution < 1.29 is 14.6 Å². The summed E-state index contributed by atoms with van der Waals surface area (Å²) in [6, 6.07) is 0.528. The normalized spacial score (nSPS) is 34.1. The Hall–Kier alpha value is -0.650. The van der Waals surface area contributed by atoms with Crippen LogP contribution in [0, 0.1) is 5.92 Å². The smallest absolute Gasteiger partial charge is 0.223 e. The molecule has 3 rings (SSSR count). The third kappa shape index (κ3) is 4.00. The molecule has 3 N–H and O–H groups in total. The summed E-state index contributed by atoms with van der Waals surface area (Å²) < 4.78 is 5.71. The van der Waals surface area contributed by atoms with E-state index in [-0.39, 0.29) is 24.0 Å². The van der Waals surface area contributed by atoms with E-state index >= 15 is 0 Å². The molecular weight excluding hydrogens is 280 g/mol. The van der Waals surface area contributed by atoms with E-state index in [1.807, 2.05) is 0 Å². The minimum Gasteiger partial charge on any atom is -0.389 e. The van der Waals surface area contributed by atoms with Crippen LogP contribution in [0.3, 0.4) is 0 Å². The molecule has 1 aliphatic heterocycles. The molecule has 0 radical (unpaired) electrons. The van der Waals surface area contributed by atoms with Crippen molar-refractivity contribution in [3.05, 3.63) is 0 Å². The molecule has 2 aliphatic carbocycles. The molecule has 0 aromatic rings. The van der Waals surface area contributed by atoms with Crippen LogP contribution in [0.5, 0.6) is 0 Å². The molecular formula is C17H30N2O3. The fourth-order valence-electron chi connectivity index (χ4n) is 4.12. The average molecular weight is 310 g/mol. The molecule has 22 heavy (non-hydrogen) atoms. The molecule has 5 heteroatoms. The Morgan fingerprint density at radius 3 is 2.45 bits per heavy atom. The largest absolute Gasteiger partial charge is 0.389 e. The van der Waals surface area contributed by atoms with Gasteiger partial charge < -0.3 is 20.5 Å². The van der Waals surface area contributed by atoms with Crippen molar-refractivity contribution in [3.8, 4) is 0 Å². The summed E-state index contributed by atoms with van der Waals surface area (Å²) in [6.45, 7) is 0.973. The number of carbonyl (C=O) groups excluding carboxylic acids is 1. The van der Waals surface area contributed by atoms with Gasteiger partial charge in [0, 0.05) is 18.5 Å². The predicted octanol–water partition coefficient (Wildman–Crippen LogP) is 1.34. The molecule has 0 bridgehead atoms. The van der Waals surface area contributed by atoms with Crippen LogP contribution in [-0.4, -0.2) is 48.5 Å². The first-order valence-electron chi connectivity index (χ1n) is 9.07. The fourth-order valence-corrected chi connectivity index (χ4v) is 4.12. The first-order valence-corrected chi connectivity index (χ1v) is 9.07. The molecule has 5 nitrogen and oxygen atoms in total. The summed E-state index contributed by atoms with van der Waals surface area (Å²) in [5.41, 5.74) is 0. The molecule has 3 atom stereocenters. The molecule has 126 valence electrons. The molecule has 1 saturated heterocycles. The van der Waals surface area contributed by atoms with Gasteiger partial charge in [-0.25, -0.2) is 0 Å². The lowest BCUT2D eigenvalue weighted by Crippen LogP contribution is -2.49. The molecule has 3 unspecified atom stereocenters. The average Bonchev–Trinajstić information content (AvgIpc) is 3.18. The van der Waals surface area contributed by atoms with Crippen LogP contribution >= 0.6 is 0 Å². The van der Waals surface area contributed by atoms with Gasteiger partial charge in [0.2, 0.25) is 5.91 Å². The summed E-state index contributed by atoms with van der Waals surface area (Å²) in [6.07, 6.45) is 9.83. The molecule has 1 amide bonds. The maximum Gasteiger partial charge on any atom is 0.223 e.